The number of hydrogen-bond donors (Lipinski definition) is 1. The summed E-state index contributed by atoms with van der Waals surface area (Å²) >= 11 is 0. The molecule has 1 aliphatic carbocycles. The maximum atomic E-state index is 11.2. The largest absolute Gasteiger partial charge is 0.481 e. The lowest BCUT2D eigenvalue weighted by Gasteiger charge is -2.36. The molecule has 0 saturated heterocycles. The Balaban J connectivity index is 1.95. The SMILES string of the molecule is CCCc1ccc(CCC2(CC(=O)O)CCCCC2)cc1. The standard InChI is InChI=1S/C19H28O2/c1-2-6-16-7-9-17(10-8-16)11-14-19(15-18(20)21)12-4-3-5-13-19/h7-10H,2-6,11-15H2,1H3,(H,20,21). The molecule has 0 unspecified atom stereocenters. The molecule has 1 N–H and O–H groups in total. The normalized spacial score (nSPS) is 17.6. The van der Waals surface area contributed by atoms with Crippen molar-refractivity contribution in [3.63, 3.8) is 0 Å². The highest BCUT2D eigenvalue weighted by molar-refractivity contribution is 5.67. The van der Waals surface area contributed by atoms with E-state index in [4.69, 9.17) is 0 Å². The number of hydrogen-bond acceptors (Lipinski definition) is 1. The minimum Gasteiger partial charge on any atom is -0.481 e. The molecule has 0 bridgehead atoms. The molecule has 0 spiro atoms. The average Bonchev–Trinajstić information content (AvgIpc) is 2.47. The molecule has 1 saturated carbocycles. The van der Waals surface area contributed by atoms with Crippen molar-refractivity contribution in [1.29, 1.82) is 0 Å². The van der Waals surface area contributed by atoms with Crippen LogP contribution in [0.1, 0.15) is 69.4 Å². The molecule has 2 heteroatoms. The molecule has 0 aromatic heterocycles. The summed E-state index contributed by atoms with van der Waals surface area (Å²) < 4.78 is 0. The van der Waals surface area contributed by atoms with Gasteiger partial charge in [-0.3, -0.25) is 4.79 Å². The Morgan fingerprint density at radius 3 is 2.14 bits per heavy atom. The maximum absolute atomic E-state index is 11.2. The molecule has 0 heterocycles. The summed E-state index contributed by atoms with van der Waals surface area (Å²) in [7, 11) is 0. The van der Waals surface area contributed by atoms with Gasteiger partial charge in [0.15, 0.2) is 0 Å². The molecule has 1 aromatic carbocycles. The van der Waals surface area contributed by atoms with Crippen LogP contribution < -0.4 is 0 Å². The highest BCUT2D eigenvalue weighted by Gasteiger charge is 2.33. The van der Waals surface area contributed by atoms with E-state index in [1.54, 1.807) is 0 Å². The maximum Gasteiger partial charge on any atom is 0.303 e. The fourth-order valence-corrected chi connectivity index (χ4v) is 3.71. The van der Waals surface area contributed by atoms with Gasteiger partial charge in [-0.05, 0) is 48.6 Å². The van der Waals surface area contributed by atoms with Crippen molar-refractivity contribution in [3.05, 3.63) is 35.4 Å². The Bertz CT molecular complexity index is 441. The summed E-state index contributed by atoms with van der Waals surface area (Å²) in [4.78, 5) is 11.2. The van der Waals surface area contributed by atoms with Gasteiger partial charge in [-0.1, -0.05) is 56.9 Å². The van der Waals surface area contributed by atoms with Crippen LogP contribution >= 0.6 is 0 Å². The molecule has 21 heavy (non-hydrogen) atoms. The smallest absolute Gasteiger partial charge is 0.303 e. The number of carbonyl (C=O) groups is 1. The first-order chi connectivity index (χ1) is 10.1. The van der Waals surface area contributed by atoms with E-state index in [-0.39, 0.29) is 5.41 Å². The third kappa shape index (κ3) is 4.87. The van der Waals surface area contributed by atoms with Gasteiger partial charge in [0.1, 0.15) is 0 Å². The van der Waals surface area contributed by atoms with E-state index in [2.05, 4.69) is 31.2 Å². The van der Waals surface area contributed by atoms with Crippen LogP contribution in [-0.4, -0.2) is 11.1 Å². The summed E-state index contributed by atoms with van der Waals surface area (Å²) in [5.41, 5.74) is 2.80. The van der Waals surface area contributed by atoms with E-state index >= 15 is 0 Å². The summed E-state index contributed by atoms with van der Waals surface area (Å²) in [5.74, 6) is -0.629. The van der Waals surface area contributed by atoms with Crippen LogP contribution in [0.4, 0.5) is 0 Å². The van der Waals surface area contributed by atoms with Crippen LogP contribution in [-0.2, 0) is 17.6 Å². The quantitative estimate of drug-likeness (QED) is 0.767. The zero-order valence-electron chi connectivity index (χ0n) is 13.2. The number of benzene rings is 1. The third-order valence-electron chi connectivity index (χ3n) is 4.95. The Morgan fingerprint density at radius 1 is 1.05 bits per heavy atom. The van der Waals surface area contributed by atoms with E-state index in [9.17, 15) is 9.90 Å². The lowest BCUT2D eigenvalue weighted by Crippen LogP contribution is -2.28. The Kier molecular flexibility index (Phi) is 5.84. The summed E-state index contributed by atoms with van der Waals surface area (Å²) in [5, 5.41) is 9.22. The van der Waals surface area contributed by atoms with Gasteiger partial charge in [0, 0.05) is 0 Å². The van der Waals surface area contributed by atoms with Gasteiger partial charge in [-0.25, -0.2) is 0 Å². The molecule has 1 aliphatic rings. The highest BCUT2D eigenvalue weighted by Crippen LogP contribution is 2.43. The lowest BCUT2D eigenvalue weighted by molar-refractivity contribution is -0.140. The second-order valence-corrected chi connectivity index (χ2v) is 6.70. The predicted molar refractivity (Wildman–Crippen MR) is 86.5 cm³/mol. The van der Waals surface area contributed by atoms with E-state index in [1.165, 1.54) is 36.8 Å². The van der Waals surface area contributed by atoms with Crippen molar-refractivity contribution in [2.24, 2.45) is 5.41 Å². The van der Waals surface area contributed by atoms with Gasteiger partial charge >= 0.3 is 5.97 Å². The van der Waals surface area contributed by atoms with Gasteiger partial charge in [-0.15, -0.1) is 0 Å². The first kappa shape index (κ1) is 16.1. The topological polar surface area (TPSA) is 37.3 Å². The van der Waals surface area contributed by atoms with Crippen LogP contribution in [0, 0.1) is 5.41 Å². The Morgan fingerprint density at radius 2 is 1.62 bits per heavy atom. The van der Waals surface area contributed by atoms with Crippen LogP contribution in [0.3, 0.4) is 0 Å². The number of carboxylic acid groups (broad SMARTS) is 1. The van der Waals surface area contributed by atoms with Crippen molar-refractivity contribution < 1.29 is 9.90 Å². The Labute approximate surface area is 128 Å². The molecular formula is C19H28O2. The van der Waals surface area contributed by atoms with Crippen LogP contribution in [0.15, 0.2) is 24.3 Å². The van der Waals surface area contributed by atoms with Gasteiger partial charge in [0.25, 0.3) is 0 Å². The second kappa shape index (κ2) is 7.63. The van der Waals surface area contributed by atoms with Crippen molar-refractivity contribution in [1.82, 2.24) is 0 Å². The van der Waals surface area contributed by atoms with Gasteiger partial charge < -0.3 is 5.11 Å². The van der Waals surface area contributed by atoms with Gasteiger partial charge in [-0.2, -0.15) is 0 Å². The first-order valence-electron chi connectivity index (χ1n) is 8.43. The number of rotatable bonds is 7. The summed E-state index contributed by atoms with van der Waals surface area (Å²) in [6.45, 7) is 2.20. The summed E-state index contributed by atoms with van der Waals surface area (Å²) in [6.07, 6.45) is 10.6. The van der Waals surface area contributed by atoms with E-state index in [0.717, 1.165) is 32.1 Å². The zero-order valence-corrected chi connectivity index (χ0v) is 13.2. The van der Waals surface area contributed by atoms with Crippen LogP contribution in [0.2, 0.25) is 0 Å². The molecule has 116 valence electrons. The number of aryl methyl sites for hydroxylation is 2. The number of aliphatic carboxylic acids is 1. The van der Waals surface area contributed by atoms with E-state index < -0.39 is 5.97 Å². The molecule has 2 nitrogen and oxygen atoms in total. The molecule has 0 aliphatic heterocycles. The van der Waals surface area contributed by atoms with Gasteiger partial charge in [0.05, 0.1) is 6.42 Å². The monoisotopic (exact) mass is 288 g/mol. The van der Waals surface area contributed by atoms with Crippen molar-refractivity contribution in [3.8, 4) is 0 Å². The molecule has 0 radical (unpaired) electrons. The molecular weight excluding hydrogens is 260 g/mol. The molecule has 1 fully saturated rings. The van der Waals surface area contributed by atoms with Crippen molar-refractivity contribution in [2.75, 3.05) is 0 Å². The zero-order chi connectivity index (χ0) is 15.1. The van der Waals surface area contributed by atoms with Crippen molar-refractivity contribution >= 4 is 5.97 Å². The van der Waals surface area contributed by atoms with Crippen LogP contribution in [0.25, 0.3) is 0 Å². The lowest BCUT2D eigenvalue weighted by atomic mass is 9.68. The fraction of sp³-hybridized carbons (Fsp3) is 0.632. The average molecular weight is 288 g/mol. The molecule has 0 atom stereocenters. The fourth-order valence-electron chi connectivity index (χ4n) is 3.71. The third-order valence-corrected chi connectivity index (χ3v) is 4.95. The van der Waals surface area contributed by atoms with Crippen molar-refractivity contribution in [2.45, 2.75) is 71.1 Å². The highest BCUT2D eigenvalue weighted by atomic mass is 16.4. The Hall–Kier alpha value is -1.31. The van der Waals surface area contributed by atoms with Gasteiger partial charge in [0.2, 0.25) is 0 Å². The van der Waals surface area contributed by atoms with Crippen LogP contribution in [0.5, 0.6) is 0 Å². The second-order valence-electron chi connectivity index (χ2n) is 6.70. The summed E-state index contributed by atoms with van der Waals surface area (Å²) in [6, 6.07) is 8.90. The number of carboxylic acids is 1. The minimum atomic E-state index is -0.629. The molecule has 0 amide bonds. The molecule has 2 rings (SSSR count). The predicted octanol–water partition coefficient (Wildman–Crippen LogP) is 5.00. The van der Waals surface area contributed by atoms with E-state index in [1.807, 2.05) is 0 Å². The minimum absolute atomic E-state index is 0.0478. The first-order valence-corrected chi connectivity index (χ1v) is 8.43. The molecule has 1 aromatic rings. The van der Waals surface area contributed by atoms with E-state index in [0.29, 0.717) is 6.42 Å².